The lowest BCUT2D eigenvalue weighted by Crippen LogP contribution is -2.27. The molecule has 0 fully saturated rings. The molecule has 104 valence electrons. The first-order valence-electron chi connectivity index (χ1n) is 5.76. The van der Waals surface area contributed by atoms with Gasteiger partial charge in [0, 0.05) is 10.0 Å². The highest BCUT2D eigenvalue weighted by molar-refractivity contribution is 9.10. The maximum absolute atomic E-state index is 11.7. The van der Waals surface area contributed by atoms with Crippen LogP contribution in [0.15, 0.2) is 22.7 Å². The molecule has 0 aliphatic carbocycles. The van der Waals surface area contributed by atoms with Gasteiger partial charge in [-0.05, 0) is 48.8 Å². The van der Waals surface area contributed by atoms with Gasteiger partial charge in [-0.2, -0.15) is 0 Å². The number of ketones is 1. The fourth-order valence-electron chi connectivity index (χ4n) is 1.33. The van der Waals surface area contributed by atoms with Crippen molar-refractivity contribution in [1.82, 2.24) is 0 Å². The number of Topliss-reactive ketones (excluding diaryl/α,β-unsaturated/α-hetero) is 1. The predicted molar refractivity (Wildman–Crippen MR) is 77.4 cm³/mol. The van der Waals surface area contributed by atoms with Gasteiger partial charge in [0.2, 0.25) is 0 Å². The van der Waals surface area contributed by atoms with Crippen LogP contribution in [0.25, 0.3) is 0 Å². The first-order valence-corrected chi connectivity index (χ1v) is 6.55. The number of rotatable bonds is 3. The Morgan fingerprint density at radius 1 is 1.37 bits per heavy atom. The van der Waals surface area contributed by atoms with Crippen molar-refractivity contribution in [2.75, 3.05) is 11.9 Å². The summed E-state index contributed by atoms with van der Waals surface area (Å²) in [6, 6.07) is 4.87. The van der Waals surface area contributed by atoms with Gasteiger partial charge < -0.3 is 10.5 Å². The van der Waals surface area contributed by atoms with Gasteiger partial charge in [0.25, 0.3) is 0 Å². The van der Waals surface area contributed by atoms with Gasteiger partial charge in [0.05, 0.1) is 12.2 Å². The number of halogens is 1. The van der Waals surface area contributed by atoms with Crippen LogP contribution in [0.5, 0.6) is 0 Å². The Hall–Kier alpha value is -1.40. The Morgan fingerprint density at radius 3 is 2.53 bits per heavy atom. The number of nitrogens with one attached hydrogen (secondary N) is 1. The fourth-order valence-corrected chi connectivity index (χ4v) is 1.67. The predicted octanol–water partition coefficient (Wildman–Crippen LogP) is 2.94. The molecule has 0 heterocycles. The highest BCUT2D eigenvalue weighted by Gasteiger charge is 2.17. The number of carbonyl (C=O) groups excluding carboxylic acids is 2. The van der Waals surface area contributed by atoms with E-state index in [2.05, 4.69) is 21.2 Å². The van der Waals surface area contributed by atoms with Crippen LogP contribution in [-0.4, -0.2) is 24.0 Å². The molecule has 1 rings (SSSR count). The molecule has 0 aliphatic heterocycles. The minimum absolute atomic E-state index is 0.0759. The monoisotopic (exact) mass is 328 g/mol. The lowest BCUT2D eigenvalue weighted by atomic mass is 10.1. The molecule has 0 unspecified atom stereocenters. The molecule has 0 saturated heterocycles. The molecule has 1 aromatic rings. The standard InChI is InChI=1S/C13H17BrN2O3/c1-13(2,3)19-12(18)16-10-6-8(11(17)7-15)4-5-9(10)14/h4-6H,7,15H2,1-3H3,(H,16,18). The van der Waals surface area contributed by atoms with E-state index in [0.717, 1.165) is 0 Å². The summed E-state index contributed by atoms with van der Waals surface area (Å²) in [5, 5.41) is 2.59. The van der Waals surface area contributed by atoms with Gasteiger partial charge in [-0.25, -0.2) is 4.79 Å². The van der Waals surface area contributed by atoms with E-state index >= 15 is 0 Å². The summed E-state index contributed by atoms with van der Waals surface area (Å²) in [4.78, 5) is 23.2. The minimum atomic E-state index is -0.582. The summed E-state index contributed by atoms with van der Waals surface area (Å²) in [5.41, 5.74) is 5.63. The van der Waals surface area contributed by atoms with E-state index in [4.69, 9.17) is 10.5 Å². The summed E-state index contributed by atoms with van der Waals surface area (Å²) < 4.78 is 5.80. The highest BCUT2D eigenvalue weighted by atomic mass is 79.9. The van der Waals surface area contributed by atoms with Crippen molar-refractivity contribution in [2.45, 2.75) is 26.4 Å². The molecular weight excluding hydrogens is 312 g/mol. The molecule has 1 aromatic carbocycles. The first kappa shape index (κ1) is 15.7. The molecule has 0 aromatic heterocycles. The Labute approximate surface area is 120 Å². The number of ether oxygens (including phenoxy) is 1. The molecule has 0 aliphatic rings. The fraction of sp³-hybridized carbons (Fsp3) is 0.385. The number of benzene rings is 1. The smallest absolute Gasteiger partial charge is 0.412 e. The van der Waals surface area contributed by atoms with Gasteiger partial charge in [-0.15, -0.1) is 0 Å². The van der Waals surface area contributed by atoms with Crippen LogP contribution >= 0.6 is 15.9 Å². The van der Waals surface area contributed by atoms with Crippen LogP contribution in [-0.2, 0) is 4.74 Å². The van der Waals surface area contributed by atoms with Crippen LogP contribution in [0.4, 0.5) is 10.5 Å². The second-order valence-electron chi connectivity index (χ2n) is 4.95. The topological polar surface area (TPSA) is 81.4 Å². The zero-order valence-electron chi connectivity index (χ0n) is 11.1. The van der Waals surface area contributed by atoms with E-state index in [1.165, 1.54) is 0 Å². The van der Waals surface area contributed by atoms with Crippen molar-refractivity contribution in [2.24, 2.45) is 5.73 Å². The average Bonchev–Trinajstić information content (AvgIpc) is 2.28. The van der Waals surface area contributed by atoms with E-state index in [9.17, 15) is 9.59 Å². The quantitative estimate of drug-likeness (QED) is 0.836. The number of nitrogens with two attached hydrogens (primary N) is 1. The van der Waals surface area contributed by atoms with Crippen molar-refractivity contribution in [1.29, 1.82) is 0 Å². The van der Waals surface area contributed by atoms with Crippen LogP contribution in [0, 0.1) is 0 Å². The molecule has 19 heavy (non-hydrogen) atoms. The normalized spacial score (nSPS) is 11.0. The maximum Gasteiger partial charge on any atom is 0.412 e. The third-order valence-electron chi connectivity index (χ3n) is 2.11. The molecule has 0 radical (unpaired) electrons. The molecule has 6 heteroatoms. The number of anilines is 1. The molecule has 5 nitrogen and oxygen atoms in total. The number of hydrogen-bond acceptors (Lipinski definition) is 4. The van der Waals surface area contributed by atoms with E-state index in [1.807, 2.05) is 0 Å². The van der Waals surface area contributed by atoms with E-state index < -0.39 is 11.7 Å². The summed E-state index contributed by atoms with van der Waals surface area (Å²) in [6.07, 6.45) is -0.578. The van der Waals surface area contributed by atoms with Gasteiger partial charge in [-0.1, -0.05) is 6.07 Å². The molecule has 0 saturated carbocycles. The summed E-state index contributed by atoms with van der Waals surface area (Å²) in [6.45, 7) is 5.25. The maximum atomic E-state index is 11.7. The van der Waals surface area contributed by atoms with Crippen LogP contribution in [0.1, 0.15) is 31.1 Å². The van der Waals surface area contributed by atoms with Gasteiger partial charge >= 0.3 is 6.09 Å². The van der Waals surface area contributed by atoms with Crippen molar-refractivity contribution in [3.63, 3.8) is 0 Å². The molecule has 3 N–H and O–H groups in total. The van der Waals surface area contributed by atoms with E-state index in [-0.39, 0.29) is 12.3 Å². The zero-order valence-corrected chi connectivity index (χ0v) is 12.7. The Balaban J connectivity index is 2.88. The first-order chi connectivity index (χ1) is 8.73. The zero-order chi connectivity index (χ0) is 14.6. The van der Waals surface area contributed by atoms with E-state index in [0.29, 0.717) is 15.7 Å². The second kappa shape index (κ2) is 6.16. The number of amides is 1. The van der Waals surface area contributed by atoms with Crippen molar-refractivity contribution >= 4 is 33.5 Å². The third-order valence-corrected chi connectivity index (χ3v) is 2.80. The van der Waals surface area contributed by atoms with Gasteiger partial charge in [0.1, 0.15) is 5.60 Å². The lowest BCUT2D eigenvalue weighted by Gasteiger charge is -2.20. The largest absolute Gasteiger partial charge is 0.444 e. The Morgan fingerprint density at radius 2 is 2.00 bits per heavy atom. The molecule has 0 atom stereocenters. The van der Waals surface area contributed by atoms with Gasteiger partial charge in [-0.3, -0.25) is 10.1 Å². The minimum Gasteiger partial charge on any atom is -0.444 e. The van der Waals surface area contributed by atoms with Crippen LogP contribution < -0.4 is 11.1 Å². The summed E-state index contributed by atoms with van der Waals surface area (Å²) in [5.74, 6) is -0.195. The van der Waals surface area contributed by atoms with Crippen LogP contribution in [0.3, 0.4) is 0 Å². The average molecular weight is 329 g/mol. The Bertz CT molecular complexity index is 495. The molecule has 0 spiro atoms. The highest BCUT2D eigenvalue weighted by Crippen LogP contribution is 2.24. The third kappa shape index (κ3) is 5.00. The SMILES string of the molecule is CC(C)(C)OC(=O)Nc1cc(C(=O)CN)ccc1Br. The summed E-state index contributed by atoms with van der Waals surface area (Å²) >= 11 is 3.30. The molecule has 0 bridgehead atoms. The van der Waals surface area contributed by atoms with Gasteiger partial charge in [0.15, 0.2) is 5.78 Å². The lowest BCUT2D eigenvalue weighted by molar-refractivity contribution is 0.0635. The number of carbonyl (C=O) groups is 2. The second-order valence-corrected chi connectivity index (χ2v) is 5.80. The van der Waals surface area contributed by atoms with Crippen molar-refractivity contribution in [3.05, 3.63) is 28.2 Å². The van der Waals surface area contributed by atoms with Crippen LogP contribution in [0.2, 0.25) is 0 Å². The Kier molecular flexibility index (Phi) is 5.08. The molecular formula is C13H17BrN2O3. The number of hydrogen-bond donors (Lipinski definition) is 2. The van der Waals surface area contributed by atoms with E-state index in [1.54, 1.807) is 39.0 Å². The van der Waals surface area contributed by atoms with Crippen molar-refractivity contribution < 1.29 is 14.3 Å². The molecule has 1 amide bonds. The summed E-state index contributed by atoms with van der Waals surface area (Å²) in [7, 11) is 0. The van der Waals surface area contributed by atoms with Crippen molar-refractivity contribution in [3.8, 4) is 0 Å².